The monoisotopic (exact) mass is 383 g/mol. The van der Waals surface area contributed by atoms with Crippen LogP contribution >= 0.6 is 0 Å². The van der Waals surface area contributed by atoms with Crippen molar-refractivity contribution in [2.24, 2.45) is 5.92 Å². The fraction of sp³-hybridized carbons (Fsp3) is 0.476. The number of nitrogens with zero attached hydrogens (tertiary/aromatic N) is 3. The Kier molecular flexibility index (Phi) is 7.19. The summed E-state index contributed by atoms with van der Waals surface area (Å²) >= 11 is 0. The van der Waals surface area contributed by atoms with E-state index < -0.39 is 0 Å². The van der Waals surface area contributed by atoms with Gasteiger partial charge in [0.15, 0.2) is 0 Å². The van der Waals surface area contributed by atoms with Crippen molar-refractivity contribution in [3.8, 4) is 0 Å². The van der Waals surface area contributed by atoms with Crippen LogP contribution in [0.3, 0.4) is 0 Å². The van der Waals surface area contributed by atoms with E-state index in [9.17, 15) is 4.79 Å². The van der Waals surface area contributed by atoms with Gasteiger partial charge < -0.3 is 20.3 Å². The third-order valence-corrected chi connectivity index (χ3v) is 4.97. The zero-order chi connectivity index (χ0) is 19.8. The molecule has 0 spiro atoms. The molecular weight excluding hydrogens is 354 g/mol. The van der Waals surface area contributed by atoms with Crippen molar-refractivity contribution in [2.75, 3.05) is 43.6 Å². The highest BCUT2D eigenvalue weighted by molar-refractivity contribution is 5.92. The molecule has 28 heavy (non-hydrogen) atoms. The molecule has 150 valence electrons. The largest absolute Gasteiger partial charge is 0.385 e. The second-order valence-electron chi connectivity index (χ2n) is 7.21. The Morgan fingerprint density at radius 1 is 1.21 bits per heavy atom. The summed E-state index contributed by atoms with van der Waals surface area (Å²) in [6.45, 7) is 5.70. The van der Waals surface area contributed by atoms with E-state index in [2.05, 4.69) is 44.6 Å². The van der Waals surface area contributed by atoms with Gasteiger partial charge in [0, 0.05) is 50.9 Å². The highest BCUT2D eigenvalue weighted by Gasteiger charge is 2.16. The Bertz CT molecular complexity index is 758. The molecule has 7 nitrogen and oxygen atoms in total. The van der Waals surface area contributed by atoms with Crippen LogP contribution in [0.2, 0.25) is 0 Å². The summed E-state index contributed by atoms with van der Waals surface area (Å²) in [4.78, 5) is 23.1. The molecule has 1 fully saturated rings. The summed E-state index contributed by atoms with van der Waals surface area (Å²) in [7, 11) is 1.64. The third-order valence-electron chi connectivity index (χ3n) is 4.97. The maximum Gasteiger partial charge on any atom is 0.270 e. The fourth-order valence-corrected chi connectivity index (χ4v) is 3.21. The first kappa shape index (κ1) is 20.1. The Hall–Kier alpha value is -2.67. The summed E-state index contributed by atoms with van der Waals surface area (Å²) in [5, 5.41) is 6.00. The number of rotatable bonds is 8. The van der Waals surface area contributed by atoms with Crippen LogP contribution in [0.25, 0.3) is 0 Å². The topological polar surface area (TPSA) is 79.4 Å². The minimum Gasteiger partial charge on any atom is -0.385 e. The number of hydrogen-bond acceptors (Lipinski definition) is 6. The lowest BCUT2D eigenvalue weighted by atomic mass is 9.99. The number of piperidine rings is 1. The SMILES string of the molecule is COCCCNC(=O)c1ccnc(Nc2ccc(N3CCC(C)CC3)cc2)n1. The molecule has 7 heteroatoms. The van der Waals surface area contributed by atoms with Crippen molar-refractivity contribution in [1.82, 2.24) is 15.3 Å². The van der Waals surface area contributed by atoms with E-state index in [1.165, 1.54) is 18.5 Å². The summed E-state index contributed by atoms with van der Waals surface area (Å²) in [6, 6.07) is 9.88. The molecule has 1 saturated heterocycles. The van der Waals surface area contributed by atoms with Gasteiger partial charge in [-0.1, -0.05) is 6.92 Å². The molecule has 0 atom stereocenters. The van der Waals surface area contributed by atoms with Crippen LogP contribution in [0.1, 0.15) is 36.7 Å². The maximum atomic E-state index is 12.2. The molecule has 0 aliphatic carbocycles. The summed E-state index contributed by atoms with van der Waals surface area (Å²) in [5.41, 5.74) is 2.48. The van der Waals surface area contributed by atoms with Gasteiger partial charge in [0.1, 0.15) is 5.69 Å². The van der Waals surface area contributed by atoms with Crippen LogP contribution < -0.4 is 15.5 Å². The third kappa shape index (κ3) is 5.66. The molecule has 1 amide bonds. The summed E-state index contributed by atoms with van der Waals surface area (Å²) in [5.74, 6) is 1.01. The van der Waals surface area contributed by atoms with Gasteiger partial charge in [0.05, 0.1) is 0 Å². The first-order valence-corrected chi connectivity index (χ1v) is 9.88. The van der Waals surface area contributed by atoms with Gasteiger partial charge in [0.25, 0.3) is 5.91 Å². The van der Waals surface area contributed by atoms with Crippen molar-refractivity contribution in [2.45, 2.75) is 26.2 Å². The normalized spacial score (nSPS) is 14.7. The van der Waals surface area contributed by atoms with Crippen LogP contribution in [-0.4, -0.2) is 49.2 Å². The Morgan fingerprint density at radius 2 is 1.96 bits per heavy atom. The van der Waals surface area contributed by atoms with Crippen molar-refractivity contribution in [3.05, 3.63) is 42.2 Å². The van der Waals surface area contributed by atoms with E-state index in [4.69, 9.17) is 4.74 Å². The van der Waals surface area contributed by atoms with E-state index >= 15 is 0 Å². The van der Waals surface area contributed by atoms with E-state index in [-0.39, 0.29) is 5.91 Å². The lowest BCUT2D eigenvalue weighted by Crippen LogP contribution is -2.32. The molecule has 1 aliphatic heterocycles. The maximum absolute atomic E-state index is 12.2. The van der Waals surface area contributed by atoms with E-state index in [1.54, 1.807) is 19.4 Å². The van der Waals surface area contributed by atoms with Crippen LogP contribution in [0.15, 0.2) is 36.5 Å². The van der Waals surface area contributed by atoms with Crippen molar-refractivity contribution in [1.29, 1.82) is 0 Å². The molecular formula is C21H29N5O2. The smallest absolute Gasteiger partial charge is 0.270 e. The van der Waals surface area contributed by atoms with Crippen LogP contribution in [0.4, 0.5) is 17.3 Å². The van der Waals surface area contributed by atoms with Crippen molar-refractivity contribution in [3.63, 3.8) is 0 Å². The second kappa shape index (κ2) is 10.0. The number of methoxy groups -OCH3 is 1. The molecule has 2 aromatic rings. The fourth-order valence-electron chi connectivity index (χ4n) is 3.21. The first-order valence-electron chi connectivity index (χ1n) is 9.88. The van der Waals surface area contributed by atoms with E-state index in [1.807, 2.05) is 12.1 Å². The first-order chi connectivity index (χ1) is 13.7. The van der Waals surface area contributed by atoms with Crippen molar-refractivity contribution < 1.29 is 9.53 Å². The van der Waals surface area contributed by atoms with Crippen molar-refractivity contribution >= 4 is 23.2 Å². The number of anilines is 3. The number of carbonyl (C=O) groups excluding carboxylic acids is 1. The molecule has 0 unspecified atom stereocenters. The van der Waals surface area contributed by atoms with Crippen LogP contribution in [0.5, 0.6) is 0 Å². The minimum atomic E-state index is -0.212. The zero-order valence-electron chi connectivity index (χ0n) is 16.6. The molecule has 0 radical (unpaired) electrons. The summed E-state index contributed by atoms with van der Waals surface area (Å²) < 4.78 is 4.98. The number of benzene rings is 1. The Labute approximate surface area is 166 Å². The minimum absolute atomic E-state index is 0.212. The molecule has 3 rings (SSSR count). The van der Waals surface area contributed by atoms with Gasteiger partial charge >= 0.3 is 0 Å². The average Bonchev–Trinajstić information content (AvgIpc) is 2.72. The molecule has 2 heterocycles. The molecule has 0 bridgehead atoms. The lowest BCUT2D eigenvalue weighted by molar-refractivity contribution is 0.0943. The Morgan fingerprint density at radius 3 is 2.68 bits per heavy atom. The molecule has 0 saturated carbocycles. The Balaban J connectivity index is 1.57. The number of hydrogen-bond donors (Lipinski definition) is 2. The van der Waals surface area contributed by atoms with Gasteiger partial charge in [-0.05, 0) is 55.5 Å². The average molecular weight is 383 g/mol. The predicted molar refractivity (Wildman–Crippen MR) is 111 cm³/mol. The second-order valence-corrected chi connectivity index (χ2v) is 7.21. The van der Waals surface area contributed by atoms with Gasteiger partial charge in [0.2, 0.25) is 5.95 Å². The van der Waals surface area contributed by atoms with Crippen LogP contribution in [-0.2, 0) is 4.74 Å². The van der Waals surface area contributed by atoms with Gasteiger partial charge in [-0.3, -0.25) is 4.79 Å². The van der Waals surface area contributed by atoms with Crippen LogP contribution in [0, 0.1) is 5.92 Å². The van der Waals surface area contributed by atoms with E-state index in [0.717, 1.165) is 31.1 Å². The predicted octanol–water partition coefficient (Wildman–Crippen LogP) is 3.22. The van der Waals surface area contributed by atoms with E-state index in [0.29, 0.717) is 24.8 Å². The number of amides is 1. The molecule has 1 aliphatic rings. The number of ether oxygens (including phenoxy) is 1. The number of aromatic nitrogens is 2. The highest BCUT2D eigenvalue weighted by atomic mass is 16.5. The van der Waals surface area contributed by atoms with Gasteiger partial charge in [-0.15, -0.1) is 0 Å². The quantitative estimate of drug-likeness (QED) is 0.682. The molecule has 1 aromatic carbocycles. The standard InChI is InChI=1S/C21H29N5O2/c1-16-9-13-26(14-10-16)18-6-4-17(5-7-18)24-21-23-12-8-19(25-21)20(27)22-11-3-15-28-2/h4-8,12,16H,3,9-11,13-15H2,1-2H3,(H,22,27)(H,23,24,25). The molecule has 1 aromatic heterocycles. The number of nitrogens with one attached hydrogen (secondary N) is 2. The summed E-state index contributed by atoms with van der Waals surface area (Å²) in [6.07, 6.45) is 4.84. The zero-order valence-corrected chi connectivity index (χ0v) is 16.6. The van der Waals surface area contributed by atoms with Gasteiger partial charge in [-0.2, -0.15) is 0 Å². The number of carbonyl (C=O) groups is 1. The highest BCUT2D eigenvalue weighted by Crippen LogP contribution is 2.24. The lowest BCUT2D eigenvalue weighted by Gasteiger charge is -2.32. The van der Waals surface area contributed by atoms with Gasteiger partial charge in [-0.25, -0.2) is 9.97 Å². The molecule has 2 N–H and O–H groups in total.